The first-order valence-electron chi connectivity index (χ1n) is 8.04. The summed E-state index contributed by atoms with van der Waals surface area (Å²) in [7, 11) is 0. The van der Waals surface area contributed by atoms with E-state index in [1.54, 1.807) is 0 Å². The molecule has 5 heteroatoms. The molecule has 0 bridgehead atoms. The summed E-state index contributed by atoms with van der Waals surface area (Å²) in [6, 6.07) is 0.260. The van der Waals surface area contributed by atoms with Crippen LogP contribution in [-0.2, 0) is 0 Å². The maximum Gasteiger partial charge on any atom is 0.286 e. The summed E-state index contributed by atoms with van der Waals surface area (Å²) in [6.45, 7) is 3.19. The average molecular weight is 291 g/mol. The summed E-state index contributed by atoms with van der Waals surface area (Å²) in [6.07, 6.45) is 3.11. The zero-order valence-electron chi connectivity index (χ0n) is 12.5. The predicted octanol–water partition coefficient (Wildman–Crippen LogP) is 2.13. The molecule has 1 heterocycles. The summed E-state index contributed by atoms with van der Waals surface area (Å²) >= 11 is 0. The van der Waals surface area contributed by atoms with Crippen LogP contribution in [0.3, 0.4) is 0 Å². The van der Waals surface area contributed by atoms with Crippen molar-refractivity contribution in [3.05, 3.63) is 0 Å². The highest BCUT2D eigenvalue weighted by Crippen LogP contribution is 2.36. The minimum Gasteiger partial charge on any atom is -0.393 e. The van der Waals surface area contributed by atoms with Crippen LogP contribution in [0.4, 0.5) is 8.78 Å². The van der Waals surface area contributed by atoms with Crippen LogP contribution in [0, 0.1) is 5.92 Å². The highest BCUT2D eigenvalue weighted by atomic mass is 19.3. The smallest absolute Gasteiger partial charge is 0.286 e. The summed E-state index contributed by atoms with van der Waals surface area (Å²) in [4.78, 5) is 0. The first-order valence-corrected chi connectivity index (χ1v) is 8.04. The van der Waals surface area contributed by atoms with Crippen molar-refractivity contribution in [3.63, 3.8) is 0 Å². The fraction of sp³-hybridized carbons (Fsp3) is 1.00. The maximum atomic E-state index is 13.1. The van der Waals surface area contributed by atoms with Gasteiger partial charge >= 0.3 is 0 Å². The van der Waals surface area contributed by atoms with Crippen LogP contribution < -0.4 is 5.73 Å². The summed E-state index contributed by atoms with van der Waals surface area (Å²) in [5.74, 6) is 0.0723. The Morgan fingerprint density at radius 1 is 1.25 bits per heavy atom. The van der Waals surface area contributed by atoms with Gasteiger partial charge in [-0.1, -0.05) is 6.92 Å². The molecule has 2 fully saturated rings. The van der Waals surface area contributed by atoms with Gasteiger partial charge in [-0.2, -0.15) is 0 Å². The van der Waals surface area contributed by atoms with Crippen molar-refractivity contribution in [1.29, 1.82) is 0 Å². The molecule has 3 N–H and O–H groups in total. The Kier molecular flexibility index (Phi) is 5.37. The van der Waals surface area contributed by atoms with Gasteiger partial charge in [-0.05, 0) is 38.5 Å². The Labute approximate surface area is 120 Å². The zero-order chi connectivity index (χ0) is 14.8. The van der Waals surface area contributed by atoms with Gasteiger partial charge in [0.15, 0.2) is 0 Å². The molecule has 1 saturated carbocycles. The Balaban J connectivity index is 2.19. The van der Waals surface area contributed by atoms with Crippen LogP contribution >= 0.6 is 0 Å². The van der Waals surface area contributed by atoms with Gasteiger partial charge in [0, 0.05) is 5.92 Å². The van der Waals surface area contributed by atoms with Crippen molar-refractivity contribution in [2.75, 3.05) is 19.6 Å². The third-order valence-corrected chi connectivity index (χ3v) is 5.37. The molecule has 1 aliphatic heterocycles. The van der Waals surface area contributed by atoms with E-state index in [-0.39, 0.29) is 18.5 Å². The number of aliphatic hydroxyl groups excluding tert-OH is 1. The second-order valence-electron chi connectivity index (χ2n) is 6.83. The van der Waals surface area contributed by atoms with Gasteiger partial charge in [0.25, 0.3) is 6.43 Å². The molecule has 0 radical (unpaired) electrons. The fourth-order valence-electron chi connectivity index (χ4n) is 4.48. The molecular weight excluding hydrogens is 262 g/mol. The molecular formula is C15H29F2N2O+. The van der Waals surface area contributed by atoms with Crippen LogP contribution in [0.25, 0.3) is 0 Å². The number of alkyl halides is 2. The normalized spacial score (nSPS) is 37.5. The lowest BCUT2D eigenvalue weighted by molar-refractivity contribution is -0.962. The van der Waals surface area contributed by atoms with E-state index in [2.05, 4.69) is 0 Å². The third kappa shape index (κ3) is 3.49. The molecule has 118 valence electrons. The number of rotatable bonds is 5. The number of hydrogen-bond acceptors (Lipinski definition) is 2. The van der Waals surface area contributed by atoms with E-state index in [9.17, 15) is 13.9 Å². The first-order chi connectivity index (χ1) is 9.47. The standard InChI is InChI=1S/C15H29F2N2O/c1-2-14(20)11-7-12(18)9-19(8-11,10-15(16)17)13-5-3-4-6-13/h11-15,20H,2-10,18H2,1H3/q+1. The van der Waals surface area contributed by atoms with Crippen LogP contribution in [0.15, 0.2) is 0 Å². The van der Waals surface area contributed by atoms with Crippen LogP contribution in [-0.4, -0.2) is 53.8 Å². The quantitative estimate of drug-likeness (QED) is 0.762. The molecule has 20 heavy (non-hydrogen) atoms. The lowest BCUT2D eigenvalue weighted by Crippen LogP contribution is -2.67. The van der Waals surface area contributed by atoms with Crippen LogP contribution in [0.5, 0.6) is 0 Å². The fourth-order valence-corrected chi connectivity index (χ4v) is 4.48. The van der Waals surface area contributed by atoms with Crippen molar-refractivity contribution in [3.8, 4) is 0 Å². The summed E-state index contributed by atoms with van der Waals surface area (Å²) in [5, 5.41) is 10.2. The van der Waals surface area contributed by atoms with Crippen molar-refractivity contribution < 1.29 is 18.4 Å². The molecule has 0 aromatic rings. The number of hydrogen-bond donors (Lipinski definition) is 2. The molecule has 2 rings (SSSR count). The summed E-state index contributed by atoms with van der Waals surface area (Å²) in [5.41, 5.74) is 6.16. The highest BCUT2D eigenvalue weighted by Gasteiger charge is 2.47. The van der Waals surface area contributed by atoms with Gasteiger partial charge in [-0.15, -0.1) is 0 Å². The number of halogens is 2. The van der Waals surface area contributed by atoms with Gasteiger partial charge < -0.3 is 15.3 Å². The largest absolute Gasteiger partial charge is 0.393 e. The minimum absolute atomic E-state index is 0.0608. The molecule has 0 spiro atoms. The van der Waals surface area contributed by atoms with E-state index in [1.165, 1.54) is 0 Å². The second-order valence-corrected chi connectivity index (χ2v) is 6.83. The number of likely N-dealkylation sites (tertiary alicyclic amines) is 1. The number of aliphatic hydroxyl groups is 1. The van der Waals surface area contributed by atoms with E-state index in [0.29, 0.717) is 30.0 Å². The van der Waals surface area contributed by atoms with Gasteiger partial charge in [-0.3, -0.25) is 0 Å². The minimum atomic E-state index is -2.29. The Hall–Kier alpha value is -0.260. The molecule has 0 aromatic carbocycles. The number of quaternary nitrogens is 1. The van der Waals surface area contributed by atoms with Crippen LogP contribution in [0.1, 0.15) is 45.4 Å². The van der Waals surface area contributed by atoms with E-state index in [4.69, 9.17) is 5.73 Å². The molecule has 1 saturated heterocycles. The monoisotopic (exact) mass is 291 g/mol. The molecule has 3 nitrogen and oxygen atoms in total. The number of nitrogens with two attached hydrogens (primary N) is 1. The van der Waals surface area contributed by atoms with Crippen molar-refractivity contribution in [1.82, 2.24) is 0 Å². The van der Waals surface area contributed by atoms with Crippen molar-refractivity contribution in [2.45, 2.75) is 70.1 Å². The van der Waals surface area contributed by atoms with Crippen LogP contribution in [0.2, 0.25) is 0 Å². The molecule has 4 atom stereocenters. The Bertz CT molecular complexity index is 306. The van der Waals surface area contributed by atoms with Gasteiger partial charge in [0.05, 0.1) is 31.3 Å². The van der Waals surface area contributed by atoms with Crippen molar-refractivity contribution >= 4 is 0 Å². The average Bonchev–Trinajstić information content (AvgIpc) is 2.90. The predicted molar refractivity (Wildman–Crippen MR) is 75.5 cm³/mol. The maximum absolute atomic E-state index is 13.1. The van der Waals surface area contributed by atoms with Gasteiger partial charge in [0.2, 0.25) is 0 Å². The molecule has 0 aromatic heterocycles. The lowest BCUT2D eigenvalue weighted by Gasteiger charge is -2.51. The topological polar surface area (TPSA) is 46.2 Å². The van der Waals surface area contributed by atoms with E-state index in [0.717, 1.165) is 32.1 Å². The second kappa shape index (κ2) is 6.67. The third-order valence-electron chi connectivity index (χ3n) is 5.37. The zero-order valence-corrected chi connectivity index (χ0v) is 12.5. The number of nitrogens with zero attached hydrogens (tertiary/aromatic N) is 1. The SMILES string of the molecule is CCC(O)C1CC(N)C[N+](CC(F)F)(C2CCCC2)C1. The molecule has 1 aliphatic carbocycles. The Morgan fingerprint density at radius 2 is 1.90 bits per heavy atom. The van der Waals surface area contributed by atoms with E-state index < -0.39 is 12.5 Å². The van der Waals surface area contributed by atoms with E-state index >= 15 is 0 Å². The van der Waals surface area contributed by atoms with E-state index in [1.807, 2.05) is 6.92 Å². The Morgan fingerprint density at radius 3 is 2.45 bits per heavy atom. The molecule has 4 unspecified atom stereocenters. The summed E-state index contributed by atoms with van der Waals surface area (Å²) < 4.78 is 26.7. The molecule has 0 amide bonds. The van der Waals surface area contributed by atoms with Gasteiger partial charge in [0.1, 0.15) is 6.54 Å². The lowest BCUT2D eigenvalue weighted by atomic mass is 9.85. The number of piperidine rings is 1. The van der Waals surface area contributed by atoms with Crippen molar-refractivity contribution in [2.24, 2.45) is 11.7 Å². The molecule has 2 aliphatic rings. The first kappa shape index (κ1) is 16.1. The van der Waals surface area contributed by atoms with Gasteiger partial charge in [-0.25, -0.2) is 8.78 Å². The highest BCUT2D eigenvalue weighted by molar-refractivity contribution is 4.82.